The molecule has 0 bridgehead atoms. The fourth-order valence-corrected chi connectivity index (χ4v) is 5.11. The summed E-state index contributed by atoms with van der Waals surface area (Å²) < 4.78 is 0. The van der Waals surface area contributed by atoms with Crippen molar-refractivity contribution in [2.24, 2.45) is 5.92 Å². The molecule has 1 fully saturated rings. The predicted octanol–water partition coefficient (Wildman–Crippen LogP) is 5.42. The zero-order chi connectivity index (χ0) is 24.2. The molecule has 1 aromatic heterocycles. The number of nitrogens with one attached hydrogen (secondary N) is 2. The van der Waals surface area contributed by atoms with Gasteiger partial charge in [0, 0.05) is 43.8 Å². The summed E-state index contributed by atoms with van der Waals surface area (Å²) in [5, 5.41) is 7.71. The molecule has 2 N–H and O–H groups in total. The Morgan fingerprint density at radius 3 is 2.54 bits per heavy atom. The van der Waals surface area contributed by atoms with Crippen LogP contribution in [0.2, 0.25) is 5.02 Å². The van der Waals surface area contributed by atoms with Gasteiger partial charge in [0.2, 0.25) is 5.95 Å². The zero-order valence-electron chi connectivity index (χ0n) is 20.0. The van der Waals surface area contributed by atoms with Crippen molar-refractivity contribution in [1.82, 2.24) is 15.3 Å². The van der Waals surface area contributed by atoms with Crippen LogP contribution in [0.5, 0.6) is 0 Å². The number of nitrogens with zero attached hydrogens (tertiary/aromatic N) is 4. The van der Waals surface area contributed by atoms with E-state index in [1.54, 1.807) is 0 Å². The summed E-state index contributed by atoms with van der Waals surface area (Å²) in [5.74, 6) is 3.08. The molecule has 0 unspecified atom stereocenters. The van der Waals surface area contributed by atoms with Crippen LogP contribution in [-0.4, -0.2) is 34.7 Å². The van der Waals surface area contributed by atoms with Crippen LogP contribution in [0.3, 0.4) is 0 Å². The predicted molar refractivity (Wildman–Crippen MR) is 148 cm³/mol. The molecule has 3 heterocycles. The number of hydrogen-bond donors (Lipinski definition) is 2. The summed E-state index contributed by atoms with van der Waals surface area (Å²) in [7, 11) is 0. The van der Waals surface area contributed by atoms with Gasteiger partial charge in [-0.1, -0.05) is 54.9 Å². The molecule has 182 valence electrons. The van der Waals surface area contributed by atoms with Gasteiger partial charge in [-0.05, 0) is 66.2 Å². The van der Waals surface area contributed by atoms with E-state index in [1.807, 2.05) is 24.3 Å². The second-order valence-electron chi connectivity index (χ2n) is 9.48. The number of thiocarbonyl (C=S) groups is 1. The lowest BCUT2D eigenvalue weighted by molar-refractivity contribution is 0.444. The monoisotopic (exact) mass is 506 g/mol. The van der Waals surface area contributed by atoms with Gasteiger partial charge in [-0.2, -0.15) is 9.97 Å². The van der Waals surface area contributed by atoms with E-state index >= 15 is 0 Å². The molecule has 0 spiro atoms. The summed E-state index contributed by atoms with van der Waals surface area (Å²) in [6.07, 6.45) is 3.46. The van der Waals surface area contributed by atoms with Gasteiger partial charge in [-0.25, -0.2) is 0 Å². The Bertz CT molecular complexity index is 1180. The maximum absolute atomic E-state index is 5.99. The minimum absolute atomic E-state index is 0.499. The summed E-state index contributed by atoms with van der Waals surface area (Å²) in [6.45, 7) is 6.72. The molecular formula is C27H31ClN6S. The first-order valence-corrected chi connectivity index (χ1v) is 13.1. The number of halogens is 1. The van der Waals surface area contributed by atoms with Crippen LogP contribution in [-0.2, 0) is 19.5 Å². The van der Waals surface area contributed by atoms with Crippen molar-refractivity contribution in [2.75, 3.05) is 34.8 Å². The first kappa shape index (κ1) is 23.8. The van der Waals surface area contributed by atoms with Crippen LogP contribution >= 0.6 is 23.8 Å². The normalized spacial score (nSPS) is 17.6. The summed E-state index contributed by atoms with van der Waals surface area (Å²) in [5.41, 5.74) is 3.89. The molecule has 2 aliphatic rings. The third kappa shape index (κ3) is 6.03. The fraction of sp³-hybridized carbons (Fsp3) is 0.370. The SMILES string of the molecule is C[C@H]1CCCN(c2cc(N3CCc4ccccc4C3)nc(NC(=S)NCc3ccc(Cl)cc3)n2)C1. The van der Waals surface area contributed by atoms with Crippen LogP contribution in [0.15, 0.2) is 54.6 Å². The minimum atomic E-state index is 0.499. The Morgan fingerprint density at radius 1 is 1.03 bits per heavy atom. The van der Waals surface area contributed by atoms with E-state index in [4.69, 9.17) is 33.8 Å². The van der Waals surface area contributed by atoms with E-state index in [0.717, 1.165) is 54.8 Å². The van der Waals surface area contributed by atoms with Gasteiger partial charge in [0.1, 0.15) is 11.6 Å². The molecule has 8 heteroatoms. The molecule has 35 heavy (non-hydrogen) atoms. The molecule has 0 radical (unpaired) electrons. The summed E-state index contributed by atoms with van der Waals surface area (Å²) in [4.78, 5) is 14.5. The second-order valence-corrected chi connectivity index (χ2v) is 10.3. The zero-order valence-corrected chi connectivity index (χ0v) is 21.6. The third-order valence-corrected chi connectivity index (χ3v) is 7.22. The average Bonchev–Trinajstić information content (AvgIpc) is 2.88. The van der Waals surface area contributed by atoms with Crippen LogP contribution in [0.4, 0.5) is 17.6 Å². The Morgan fingerprint density at radius 2 is 1.77 bits per heavy atom. The maximum Gasteiger partial charge on any atom is 0.232 e. The van der Waals surface area contributed by atoms with Crippen LogP contribution in [0, 0.1) is 5.92 Å². The van der Waals surface area contributed by atoms with Gasteiger partial charge < -0.3 is 20.4 Å². The van der Waals surface area contributed by atoms with Gasteiger partial charge >= 0.3 is 0 Å². The first-order chi connectivity index (χ1) is 17.0. The van der Waals surface area contributed by atoms with Gasteiger partial charge in [0.05, 0.1) is 0 Å². The maximum atomic E-state index is 5.99. The highest BCUT2D eigenvalue weighted by atomic mass is 35.5. The van der Waals surface area contributed by atoms with Crippen molar-refractivity contribution >= 4 is 46.5 Å². The van der Waals surface area contributed by atoms with Gasteiger partial charge in [-0.15, -0.1) is 0 Å². The lowest BCUT2D eigenvalue weighted by Crippen LogP contribution is -2.36. The van der Waals surface area contributed by atoms with Crippen molar-refractivity contribution in [3.05, 3.63) is 76.3 Å². The highest BCUT2D eigenvalue weighted by Crippen LogP contribution is 2.29. The standard InChI is InChI=1S/C27H31ClN6S/c1-19-5-4-13-33(17-19)24-15-25(34-14-12-21-6-2-3-7-22(21)18-34)31-26(30-24)32-27(35)29-16-20-8-10-23(28)11-9-20/h2-3,6-11,15,19H,4-5,12-14,16-18H2,1H3,(H2,29,30,31,32,35)/t19-/m0/s1. The van der Waals surface area contributed by atoms with E-state index in [0.29, 0.717) is 23.5 Å². The number of piperidine rings is 1. The Kier molecular flexibility index (Phi) is 7.35. The topological polar surface area (TPSA) is 56.3 Å². The van der Waals surface area contributed by atoms with Crippen molar-refractivity contribution in [2.45, 2.75) is 39.3 Å². The molecule has 0 amide bonds. The molecule has 3 aromatic rings. The van der Waals surface area contributed by atoms with E-state index in [9.17, 15) is 0 Å². The van der Waals surface area contributed by atoms with Gasteiger partial charge in [0.25, 0.3) is 0 Å². The quantitative estimate of drug-likeness (QED) is 0.448. The number of hydrogen-bond acceptors (Lipinski definition) is 5. The van der Waals surface area contributed by atoms with Crippen LogP contribution in [0.25, 0.3) is 0 Å². The molecule has 2 aliphatic heterocycles. The molecular weight excluding hydrogens is 476 g/mol. The third-order valence-electron chi connectivity index (χ3n) is 6.73. The minimum Gasteiger partial charge on any atom is -0.358 e. The van der Waals surface area contributed by atoms with Crippen molar-refractivity contribution < 1.29 is 0 Å². The molecule has 1 atom stereocenters. The number of benzene rings is 2. The molecule has 2 aromatic carbocycles. The highest BCUT2D eigenvalue weighted by Gasteiger charge is 2.23. The second kappa shape index (κ2) is 10.8. The molecule has 0 saturated carbocycles. The van der Waals surface area contributed by atoms with Gasteiger partial charge in [0.15, 0.2) is 5.11 Å². The number of rotatable bonds is 5. The Hall–Kier alpha value is -2.90. The number of aromatic nitrogens is 2. The summed E-state index contributed by atoms with van der Waals surface area (Å²) >= 11 is 11.6. The molecule has 0 aliphatic carbocycles. The summed E-state index contributed by atoms with van der Waals surface area (Å²) in [6, 6.07) is 18.5. The molecule has 6 nitrogen and oxygen atoms in total. The Labute approximate surface area is 217 Å². The van der Waals surface area contributed by atoms with E-state index < -0.39 is 0 Å². The van der Waals surface area contributed by atoms with Crippen molar-refractivity contribution in [3.63, 3.8) is 0 Å². The lowest BCUT2D eigenvalue weighted by Gasteiger charge is -2.34. The molecule has 1 saturated heterocycles. The highest BCUT2D eigenvalue weighted by molar-refractivity contribution is 7.80. The first-order valence-electron chi connectivity index (χ1n) is 12.3. The van der Waals surface area contributed by atoms with Gasteiger partial charge in [-0.3, -0.25) is 0 Å². The molecule has 5 rings (SSSR count). The Balaban J connectivity index is 1.35. The average molecular weight is 507 g/mol. The van der Waals surface area contributed by atoms with E-state index in [2.05, 4.69) is 57.7 Å². The van der Waals surface area contributed by atoms with E-state index in [1.165, 1.54) is 24.0 Å². The van der Waals surface area contributed by atoms with Crippen LogP contribution < -0.4 is 20.4 Å². The number of anilines is 3. The lowest BCUT2D eigenvalue weighted by atomic mass is 10.00. The number of fused-ring (bicyclic) bond motifs is 1. The fourth-order valence-electron chi connectivity index (χ4n) is 4.82. The van der Waals surface area contributed by atoms with Crippen molar-refractivity contribution in [1.29, 1.82) is 0 Å². The smallest absolute Gasteiger partial charge is 0.232 e. The van der Waals surface area contributed by atoms with E-state index in [-0.39, 0.29) is 0 Å². The largest absolute Gasteiger partial charge is 0.358 e. The van der Waals surface area contributed by atoms with Crippen LogP contribution in [0.1, 0.15) is 36.5 Å². The van der Waals surface area contributed by atoms with Crippen molar-refractivity contribution in [3.8, 4) is 0 Å².